The van der Waals surface area contributed by atoms with E-state index in [1.54, 1.807) is 0 Å². The van der Waals surface area contributed by atoms with Crippen molar-refractivity contribution in [2.45, 2.75) is 0 Å². The molecule has 0 radical (unpaired) electrons. The quantitative estimate of drug-likeness (QED) is 0.392. The lowest BCUT2D eigenvalue weighted by molar-refractivity contribution is 0.104. The maximum atomic E-state index is 13.0. The highest BCUT2D eigenvalue weighted by molar-refractivity contribution is 7.16. The van der Waals surface area contributed by atoms with Gasteiger partial charge in [0.1, 0.15) is 0 Å². The first kappa shape index (κ1) is 15.1. The van der Waals surface area contributed by atoms with Gasteiger partial charge in [0.25, 0.3) is 0 Å². The number of thiophene rings is 2. The molecule has 0 saturated heterocycles. The Morgan fingerprint density at radius 3 is 2.00 bits per heavy atom. The van der Waals surface area contributed by atoms with Crippen LogP contribution in [0.2, 0.25) is 0 Å². The molecule has 2 heterocycles. The lowest BCUT2D eigenvalue weighted by atomic mass is 9.95. The molecule has 0 bridgehead atoms. The number of hydrogen-bond donors (Lipinski definition) is 0. The van der Waals surface area contributed by atoms with Crippen LogP contribution in [-0.4, -0.2) is 5.78 Å². The molecule has 0 fully saturated rings. The van der Waals surface area contributed by atoms with Gasteiger partial charge in [-0.05, 0) is 28.0 Å². The van der Waals surface area contributed by atoms with Crippen molar-refractivity contribution in [1.82, 2.24) is 0 Å². The summed E-state index contributed by atoms with van der Waals surface area (Å²) in [5.74, 6) is 0.107. The van der Waals surface area contributed by atoms with E-state index in [0.29, 0.717) is 0 Å². The Kier molecular flexibility index (Phi) is 4.11. The van der Waals surface area contributed by atoms with Crippen molar-refractivity contribution in [2.75, 3.05) is 0 Å². The van der Waals surface area contributed by atoms with Gasteiger partial charge in [-0.3, -0.25) is 4.79 Å². The molecule has 2 aromatic heterocycles. The molecule has 0 unspecified atom stereocenters. The zero-order chi connectivity index (χ0) is 16.4. The van der Waals surface area contributed by atoms with E-state index >= 15 is 0 Å². The Morgan fingerprint density at radius 2 is 1.38 bits per heavy atom. The van der Waals surface area contributed by atoms with Crippen molar-refractivity contribution in [3.8, 4) is 22.3 Å². The summed E-state index contributed by atoms with van der Waals surface area (Å²) in [5, 5.41) is 4.04. The summed E-state index contributed by atoms with van der Waals surface area (Å²) in [7, 11) is 0. The lowest BCUT2D eigenvalue weighted by Gasteiger charge is -2.08. The first-order valence-corrected chi connectivity index (χ1v) is 9.41. The van der Waals surface area contributed by atoms with Gasteiger partial charge in [-0.25, -0.2) is 0 Å². The molecule has 0 aliphatic rings. The average Bonchev–Trinajstić information content (AvgIpc) is 3.32. The molecule has 1 nitrogen and oxygen atoms in total. The molecule has 0 atom stereocenters. The summed E-state index contributed by atoms with van der Waals surface area (Å²) in [4.78, 5) is 14.6. The third kappa shape index (κ3) is 2.73. The first-order chi connectivity index (χ1) is 11.8. The van der Waals surface area contributed by atoms with Crippen LogP contribution in [0.3, 0.4) is 0 Å². The van der Waals surface area contributed by atoms with Crippen LogP contribution >= 0.6 is 22.7 Å². The maximum Gasteiger partial charge on any atom is 0.213 e. The Balaban J connectivity index is 1.92. The minimum atomic E-state index is 0.107. The predicted octanol–water partition coefficient (Wildman–Crippen LogP) is 6.37. The predicted molar refractivity (Wildman–Crippen MR) is 103 cm³/mol. The van der Waals surface area contributed by atoms with Crippen LogP contribution in [0.5, 0.6) is 0 Å². The largest absolute Gasteiger partial charge is 0.287 e. The first-order valence-electron chi connectivity index (χ1n) is 7.65. The summed E-state index contributed by atoms with van der Waals surface area (Å²) in [5.41, 5.74) is 4.37. The zero-order valence-corrected chi connectivity index (χ0v) is 14.4. The fourth-order valence-corrected chi connectivity index (χ4v) is 4.55. The number of ketones is 1. The summed E-state index contributed by atoms with van der Waals surface area (Å²) in [6.45, 7) is 0. The van der Waals surface area contributed by atoms with Crippen molar-refractivity contribution >= 4 is 28.5 Å². The van der Waals surface area contributed by atoms with Crippen LogP contribution in [0.25, 0.3) is 22.3 Å². The fraction of sp³-hybridized carbons (Fsp3) is 0. The molecule has 0 N–H and O–H groups in total. The van der Waals surface area contributed by atoms with Crippen molar-refractivity contribution < 1.29 is 4.79 Å². The highest BCUT2D eigenvalue weighted by Gasteiger charge is 2.21. The molecule has 0 aliphatic heterocycles. The zero-order valence-electron chi connectivity index (χ0n) is 12.8. The molecule has 3 heteroatoms. The van der Waals surface area contributed by atoms with Gasteiger partial charge in [-0.1, -0.05) is 66.7 Å². The molecule has 116 valence electrons. The Hall–Kier alpha value is -2.49. The maximum absolute atomic E-state index is 13.0. The minimum absolute atomic E-state index is 0.107. The summed E-state index contributed by atoms with van der Waals surface area (Å²) >= 11 is 3.02. The number of carbonyl (C=O) groups is 1. The molecule has 4 rings (SSSR count). The normalized spacial score (nSPS) is 10.7. The van der Waals surface area contributed by atoms with E-state index in [-0.39, 0.29) is 5.78 Å². The smallest absolute Gasteiger partial charge is 0.213 e. The average molecular weight is 346 g/mol. The van der Waals surface area contributed by atoms with Gasteiger partial charge in [-0.15, -0.1) is 22.7 Å². The third-order valence-corrected chi connectivity index (χ3v) is 5.74. The molecular formula is C21H14OS2. The number of rotatable bonds is 4. The van der Waals surface area contributed by atoms with Crippen molar-refractivity contribution in [2.24, 2.45) is 0 Å². The van der Waals surface area contributed by atoms with E-state index < -0.39 is 0 Å². The third-order valence-electron chi connectivity index (χ3n) is 3.89. The molecule has 2 aromatic carbocycles. The fourth-order valence-electron chi connectivity index (χ4n) is 2.77. The number of hydrogen-bond acceptors (Lipinski definition) is 3. The topological polar surface area (TPSA) is 17.1 Å². The van der Waals surface area contributed by atoms with Crippen LogP contribution in [0.4, 0.5) is 0 Å². The van der Waals surface area contributed by atoms with Crippen LogP contribution in [0, 0.1) is 0 Å². The van der Waals surface area contributed by atoms with Crippen LogP contribution in [-0.2, 0) is 0 Å². The van der Waals surface area contributed by atoms with E-state index in [9.17, 15) is 4.79 Å². The molecule has 0 amide bonds. The van der Waals surface area contributed by atoms with Gasteiger partial charge in [0.2, 0.25) is 5.78 Å². The van der Waals surface area contributed by atoms with Crippen molar-refractivity contribution in [3.05, 3.63) is 93.3 Å². The van der Waals surface area contributed by atoms with E-state index in [4.69, 9.17) is 0 Å². The summed E-state index contributed by atoms with van der Waals surface area (Å²) < 4.78 is 0. The van der Waals surface area contributed by atoms with E-state index in [2.05, 4.69) is 29.6 Å². The van der Waals surface area contributed by atoms with E-state index in [1.165, 1.54) is 22.7 Å². The standard InChI is InChI=1S/C21H14OS2/c22-20(18-12-7-13-23-18)21-19(16-10-5-2-6-11-16)17(14-24-21)15-8-3-1-4-9-15/h1-14H. The Bertz CT molecular complexity index is 952. The molecule has 0 saturated carbocycles. The second-order valence-corrected chi connectivity index (χ2v) is 7.22. The highest BCUT2D eigenvalue weighted by atomic mass is 32.1. The van der Waals surface area contributed by atoms with Crippen LogP contribution in [0.15, 0.2) is 83.6 Å². The van der Waals surface area contributed by atoms with Crippen molar-refractivity contribution in [3.63, 3.8) is 0 Å². The van der Waals surface area contributed by atoms with Crippen LogP contribution < -0.4 is 0 Å². The van der Waals surface area contributed by atoms with Gasteiger partial charge in [0.15, 0.2) is 0 Å². The number of benzene rings is 2. The van der Waals surface area contributed by atoms with Gasteiger partial charge < -0.3 is 0 Å². The van der Waals surface area contributed by atoms with Gasteiger partial charge >= 0.3 is 0 Å². The summed E-state index contributed by atoms with van der Waals surface area (Å²) in [6, 6.07) is 24.2. The highest BCUT2D eigenvalue weighted by Crippen LogP contribution is 2.40. The van der Waals surface area contributed by atoms with E-state index in [0.717, 1.165) is 32.0 Å². The Labute approximate surface area is 148 Å². The van der Waals surface area contributed by atoms with Gasteiger partial charge in [-0.2, -0.15) is 0 Å². The molecule has 4 aromatic rings. The number of carbonyl (C=O) groups excluding carboxylic acids is 1. The molecule has 24 heavy (non-hydrogen) atoms. The van der Waals surface area contributed by atoms with Gasteiger partial charge in [0, 0.05) is 11.1 Å². The van der Waals surface area contributed by atoms with Crippen molar-refractivity contribution in [1.29, 1.82) is 0 Å². The second-order valence-electron chi connectivity index (χ2n) is 5.39. The van der Waals surface area contributed by atoms with Gasteiger partial charge in [0.05, 0.1) is 9.75 Å². The molecule has 0 aliphatic carbocycles. The molecular weight excluding hydrogens is 332 g/mol. The second kappa shape index (κ2) is 6.56. The lowest BCUT2D eigenvalue weighted by Crippen LogP contribution is -1.98. The Morgan fingerprint density at radius 1 is 0.708 bits per heavy atom. The summed E-state index contributed by atoms with van der Waals surface area (Å²) in [6.07, 6.45) is 0. The minimum Gasteiger partial charge on any atom is -0.287 e. The molecule has 0 spiro atoms. The van der Waals surface area contributed by atoms with E-state index in [1.807, 2.05) is 53.9 Å². The van der Waals surface area contributed by atoms with Crippen LogP contribution in [0.1, 0.15) is 14.5 Å². The SMILES string of the molecule is O=C(c1cccs1)c1scc(-c2ccccc2)c1-c1ccccc1. The monoisotopic (exact) mass is 346 g/mol.